The van der Waals surface area contributed by atoms with E-state index in [0.717, 1.165) is 26.0 Å². The molecule has 1 saturated carbocycles. The summed E-state index contributed by atoms with van der Waals surface area (Å²) >= 11 is 0. The van der Waals surface area contributed by atoms with Gasteiger partial charge in [0.15, 0.2) is 6.29 Å². The molecule has 2 fully saturated rings. The third kappa shape index (κ3) is 3.44. The van der Waals surface area contributed by atoms with Crippen molar-refractivity contribution in [2.45, 2.75) is 57.3 Å². The average Bonchev–Trinajstić information content (AvgIpc) is 2.81. The number of aliphatic hydroxyl groups excluding tert-OH is 1. The fraction of sp³-hybridized carbons (Fsp3) is 1.00. The number of ether oxygens (including phenoxy) is 1. The molecule has 2 N–H and O–H groups in total. The lowest BCUT2D eigenvalue weighted by molar-refractivity contribution is -0.128. The van der Waals surface area contributed by atoms with Crippen molar-refractivity contribution in [3.05, 3.63) is 0 Å². The lowest BCUT2D eigenvalue weighted by Crippen LogP contribution is -2.37. The summed E-state index contributed by atoms with van der Waals surface area (Å²) in [5, 5.41) is 13.1. The highest BCUT2D eigenvalue weighted by Gasteiger charge is 2.24. The highest BCUT2D eigenvalue weighted by molar-refractivity contribution is 4.77. The maximum Gasteiger partial charge on any atom is 0.169 e. The zero-order valence-electron chi connectivity index (χ0n) is 9.45. The molecule has 1 aliphatic heterocycles. The molecule has 0 aromatic carbocycles. The van der Waals surface area contributed by atoms with Gasteiger partial charge in [-0.15, -0.1) is 0 Å². The monoisotopic (exact) mass is 213 g/mol. The Bertz CT molecular complexity index is 174. The molecular weight excluding hydrogens is 190 g/mol. The van der Waals surface area contributed by atoms with Gasteiger partial charge >= 0.3 is 0 Å². The quantitative estimate of drug-likeness (QED) is 0.698. The first kappa shape index (κ1) is 11.4. The molecule has 2 aliphatic rings. The Morgan fingerprint density at radius 3 is 2.60 bits per heavy atom. The third-order valence-electron chi connectivity index (χ3n) is 3.67. The Morgan fingerprint density at radius 2 is 1.93 bits per heavy atom. The van der Waals surface area contributed by atoms with Crippen molar-refractivity contribution in [2.24, 2.45) is 5.92 Å². The van der Waals surface area contributed by atoms with Crippen LogP contribution in [0.5, 0.6) is 0 Å². The minimum absolute atomic E-state index is 0.175. The molecule has 1 aliphatic carbocycles. The maximum absolute atomic E-state index is 9.79. The summed E-state index contributed by atoms with van der Waals surface area (Å²) in [4.78, 5) is 0. The molecular formula is C12H23NO2. The number of nitrogens with one attached hydrogen (secondary N) is 1. The topological polar surface area (TPSA) is 41.5 Å². The van der Waals surface area contributed by atoms with E-state index in [4.69, 9.17) is 4.74 Å². The van der Waals surface area contributed by atoms with Crippen LogP contribution >= 0.6 is 0 Å². The fourth-order valence-corrected chi connectivity index (χ4v) is 2.66. The molecule has 0 amide bonds. The molecule has 2 atom stereocenters. The lowest BCUT2D eigenvalue weighted by Gasteiger charge is -2.25. The summed E-state index contributed by atoms with van der Waals surface area (Å²) in [5.41, 5.74) is 0. The second kappa shape index (κ2) is 5.83. The van der Waals surface area contributed by atoms with Crippen LogP contribution in [0.3, 0.4) is 0 Å². The largest absolute Gasteiger partial charge is 0.367 e. The summed E-state index contributed by atoms with van der Waals surface area (Å²) in [6.07, 6.45) is 8.24. The number of hydrogen-bond acceptors (Lipinski definition) is 3. The van der Waals surface area contributed by atoms with Crippen LogP contribution in [0, 0.1) is 5.92 Å². The van der Waals surface area contributed by atoms with Gasteiger partial charge in [0.25, 0.3) is 0 Å². The van der Waals surface area contributed by atoms with Crippen molar-refractivity contribution < 1.29 is 9.84 Å². The molecule has 0 radical (unpaired) electrons. The number of aliphatic hydroxyl groups is 1. The van der Waals surface area contributed by atoms with Gasteiger partial charge in [-0.25, -0.2) is 0 Å². The van der Waals surface area contributed by atoms with E-state index in [1.165, 1.54) is 32.1 Å². The normalized spacial score (nSPS) is 30.6. The zero-order chi connectivity index (χ0) is 10.5. The molecule has 0 spiro atoms. The minimum atomic E-state index is -0.588. The molecule has 88 valence electrons. The first-order valence-corrected chi connectivity index (χ1v) is 6.39. The fourth-order valence-electron chi connectivity index (χ4n) is 2.66. The van der Waals surface area contributed by atoms with Gasteiger partial charge in [-0.05, 0) is 38.1 Å². The Kier molecular flexibility index (Phi) is 4.42. The predicted octanol–water partition coefficient (Wildman–Crippen LogP) is 1.65. The predicted molar refractivity (Wildman–Crippen MR) is 59.6 cm³/mol. The van der Waals surface area contributed by atoms with Crippen molar-refractivity contribution in [3.8, 4) is 0 Å². The molecule has 2 rings (SSSR count). The summed E-state index contributed by atoms with van der Waals surface area (Å²) in [7, 11) is 0. The number of rotatable bonds is 4. The van der Waals surface area contributed by atoms with E-state index in [1.807, 2.05) is 0 Å². The van der Waals surface area contributed by atoms with Gasteiger partial charge in [-0.3, -0.25) is 0 Å². The Hall–Kier alpha value is -0.120. The van der Waals surface area contributed by atoms with Gasteiger partial charge in [-0.1, -0.05) is 19.3 Å². The second-order valence-corrected chi connectivity index (χ2v) is 4.93. The molecule has 0 bridgehead atoms. The molecule has 0 aromatic rings. The molecule has 15 heavy (non-hydrogen) atoms. The van der Waals surface area contributed by atoms with Crippen LogP contribution < -0.4 is 5.32 Å². The van der Waals surface area contributed by atoms with Crippen molar-refractivity contribution in [1.82, 2.24) is 5.32 Å². The van der Waals surface area contributed by atoms with E-state index in [-0.39, 0.29) is 6.04 Å². The second-order valence-electron chi connectivity index (χ2n) is 4.93. The highest BCUT2D eigenvalue weighted by Crippen LogP contribution is 2.24. The van der Waals surface area contributed by atoms with Crippen LogP contribution in [0.1, 0.15) is 44.9 Å². The summed E-state index contributed by atoms with van der Waals surface area (Å²) in [6, 6.07) is 0.175. The highest BCUT2D eigenvalue weighted by atomic mass is 16.6. The van der Waals surface area contributed by atoms with E-state index in [2.05, 4.69) is 5.32 Å². The summed E-state index contributed by atoms with van der Waals surface area (Å²) < 4.78 is 5.56. The van der Waals surface area contributed by atoms with Gasteiger partial charge < -0.3 is 15.2 Å². The standard InChI is InChI=1S/C12H23NO2/c14-12(11-7-4-8-13-11)15-9-10-5-2-1-3-6-10/h10-14H,1-9H2/t11-,12?/m1/s1. The summed E-state index contributed by atoms with van der Waals surface area (Å²) in [5.74, 6) is 0.690. The van der Waals surface area contributed by atoms with Crippen molar-refractivity contribution >= 4 is 0 Å². The third-order valence-corrected chi connectivity index (χ3v) is 3.67. The van der Waals surface area contributed by atoms with Gasteiger partial charge in [0.05, 0.1) is 12.6 Å². The smallest absolute Gasteiger partial charge is 0.169 e. The van der Waals surface area contributed by atoms with Crippen molar-refractivity contribution in [3.63, 3.8) is 0 Å². The molecule has 1 unspecified atom stereocenters. The van der Waals surface area contributed by atoms with Crippen LogP contribution in [-0.4, -0.2) is 30.6 Å². The molecule has 3 nitrogen and oxygen atoms in total. The molecule has 1 saturated heterocycles. The van der Waals surface area contributed by atoms with Crippen molar-refractivity contribution in [1.29, 1.82) is 0 Å². The van der Waals surface area contributed by atoms with E-state index < -0.39 is 6.29 Å². The van der Waals surface area contributed by atoms with E-state index >= 15 is 0 Å². The Balaban J connectivity index is 1.63. The van der Waals surface area contributed by atoms with Gasteiger partial charge in [0.2, 0.25) is 0 Å². The summed E-state index contributed by atoms with van der Waals surface area (Å²) in [6.45, 7) is 1.77. The van der Waals surface area contributed by atoms with Crippen molar-refractivity contribution in [2.75, 3.05) is 13.2 Å². The minimum Gasteiger partial charge on any atom is -0.367 e. The lowest BCUT2D eigenvalue weighted by atomic mass is 9.90. The van der Waals surface area contributed by atoms with Gasteiger partial charge in [0, 0.05) is 0 Å². The van der Waals surface area contributed by atoms with E-state index in [0.29, 0.717) is 5.92 Å². The van der Waals surface area contributed by atoms with Gasteiger partial charge in [0.1, 0.15) is 0 Å². The Labute approximate surface area is 92.2 Å². The van der Waals surface area contributed by atoms with Crippen LogP contribution in [0.15, 0.2) is 0 Å². The van der Waals surface area contributed by atoms with Crippen LogP contribution in [-0.2, 0) is 4.74 Å². The average molecular weight is 213 g/mol. The van der Waals surface area contributed by atoms with Crippen LogP contribution in [0.25, 0.3) is 0 Å². The van der Waals surface area contributed by atoms with Gasteiger partial charge in [-0.2, -0.15) is 0 Å². The van der Waals surface area contributed by atoms with Crippen LogP contribution in [0.4, 0.5) is 0 Å². The van der Waals surface area contributed by atoms with E-state index in [9.17, 15) is 5.11 Å². The molecule has 0 aromatic heterocycles. The Morgan fingerprint density at radius 1 is 1.13 bits per heavy atom. The first-order valence-electron chi connectivity index (χ1n) is 6.39. The SMILES string of the molecule is OC(OCC1CCCCC1)[C@H]1CCCN1. The number of hydrogen-bond donors (Lipinski definition) is 2. The zero-order valence-corrected chi connectivity index (χ0v) is 9.45. The first-order chi connectivity index (χ1) is 7.36. The van der Waals surface area contributed by atoms with Crippen LogP contribution in [0.2, 0.25) is 0 Å². The maximum atomic E-state index is 9.79. The van der Waals surface area contributed by atoms with E-state index in [1.54, 1.807) is 0 Å². The molecule has 3 heteroatoms. The molecule has 1 heterocycles.